The highest BCUT2D eigenvalue weighted by atomic mass is 19.4. The molecular weight excluding hydrogens is 331 g/mol. The molecule has 0 spiro atoms. The molecule has 24 heavy (non-hydrogen) atoms. The highest BCUT2D eigenvalue weighted by Gasteiger charge is 2.41. The van der Waals surface area contributed by atoms with E-state index in [9.17, 15) is 22.0 Å². The van der Waals surface area contributed by atoms with Gasteiger partial charge in [0.1, 0.15) is 5.69 Å². The summed E-state index contributed by atoms with van der Waals surface area (Å²) in [5, 5.41) is 3.81. The molecular formula is C16H15F5N2O. The number of nitrogens with zero attached hydrogens (tertiary/aromatic N) is 2. The van der Waals surface area contributed by atoms with Crippen molar-refractivity contribution in [3.63, 3.8) is 0 Å². The minimum Gasteiger partial charge on any atom is -0.359 e. The van der Waals surface area contributed by atoms with Gasteiger partial charge in [-0.1, -0.05) is 5.16 Å². The second-order valence-corrected chi connectivity index (χ2v) is 5.90. The Bertz CT molecular complexity index is 705. The van der Waals surface area contributed by atoms with Crippen LogP contribution in [0.15, 0.2) is 28.8 Å². The Hall–Kier alpha value is -1.96. The second kappa shape index (κ2) is 6.51. The topological polar surface area (TPSA) is 29.3 Å². The molecule has 0 aliphatic carbocycles. The molecule has 1 aliphatic rings. The first-order chi connectivity index (χ1) is 11.3. The molecule has 1 fully saturated rings. The number of piperidine rings is 1. The van der Waals surface area contributed by atoms with E-state index in [4.69, 9.17) is 4.52 Å². The summed E-state index contributed by atoms with van der Waals surface area (Å²) in [6.07, 6.45) is -4.01. The van der Waals surface area contributed by atoms with Gasteiger partial charge >= 0.3 is 6.18 Å². The Kier molecular flexibility index (Phi) is 4.58. The van der Waals surface area contributed by atoms with Crippen molar-refractivity contribution in [1.29, 1.82) is 0 Å². The van der Waals surface area contributed by atoms with Crippen LogP contribution in [0.3, 0.4) is 0 Å². The van der Waals surface area contributed by atoms with Gasteiger partial charge in [0.05, 0.1) is 12.5 Å². The molecule has 2 heterocycles. The van der Waals surface area contributed by atoms with Crippen LogP contribution in [0.5, 0.6) is 0 Å². The van der Waals surface area contributed by atoms with E-state index in [0.717, 1.165) is 12.1 Å². The zero-order chi connectivity index (χ0) is 17.3. The van der Waals surface area contributed by atoms with Gasteiger partial charge in [-0.05, 0) is 44.1 Å². The molecule has 0 N–H and O–H groups in total. The minimum absolute atomic E-state index is 0.0632. The van der Waals surface area contributed by atoms with Crippen LogP contribution in [0.25, 0.3) is 11.3 Å². The van der Waals surface area contributed by atoms with Gasteiger partial charge in [0.15, 0.2) is 17.4 Å². The summed E-state index contributed by atoms with van der Waals surface area (Å²) in [5.74, 6) is -2.71. The molecule has 3 nitrogen and oxygen atoms in total. The molecule has 0 unspecified atom stereocenters. The summed E-state index contributed by atoms with van der Waals surface area (Å²) >= 11 is 0. The van der Waals surface area contributed by atoms with Crippen molar-refractivity contribution < 1.29 is 26.5 Å². The summed E-state index contributed by atoms with van der Waals surface area (Å²) in [7, 11) is 0. The fourth-order valence-electron chi connectivity index (χ4n) is 2.82. The van der Waals surface area contributed by atoms with Gasteiger partial charge in [0.2, 0.25) is 0 Å². The predicted molar refractivity (Wildman–Crippen MR) is 75.9 cm³/mol. The molecule has 0 radical (unpaired) electrons. The minimum atomic E-state index is -4.14. The molecule has 1 aromatic heterocycles. The molecule has 8 heteroatoms. The third-order valence-electron chi connectivity index (χ3n) is 4.20. The molecule has 0 saturated carbocycles. The largest absolute Gasteiger partial charge is 0.391 e. The fraction of sp³-hybridized carbons (Fsp3) is 0.438. The number of alkyl halides is 3. The predicted octanol–water partition coefficient (Wildman–Crippen LogP) is 4.39. The molecule has 1 aliphatic heterocycles. The van der Waals surface area contributed by atoms with Gasteiger partial charge in [-0.15, -0.1) is 0 Å². The van der Waals surface area contributed by atoms with Gasteiger partial charge < -0.3 is 4.52 Å². The van der Waals surface area contributed by atoms with Gasteiger partial charge in [-0.3, -0.25) is 4.90 Å². The van der Waals surface area contributed by atoms with Crippen molar-refractivity contribution in [2.75, 3.05) is 13.1 Å². The third kappa shape index (κ3) is 3.75. The molecule has 3 rings (SSSR count). The van der Waals surface area contributed by atoms with Crippen molar-refractivity contribution in [2.24, 2.45) is 5.92 Å². The van der Waals surface area contributed by atoms with Crippen LogP contribution in [0.1, 0.15) is 18.6 Å². The van der Waals surface area contributed by atoms with Crippen LogP contribution in [0, 0.1) is 17.6 Å². The molecule has 130 valence electrons. The average Bonchev–Trinajstić information content (AvgIpc) is 2.98. The lowest BCUT2D eigenvalue weighted by Crippen LogP contribution is -2.38. The first-order valence-corrected chi connectivity index (χ1v) is 7.53. The highest BCUT2D eigenvalue weighted by molar-refractivity contribution is 5.58. The lowest BCUT2D eigenvalue weighted by atomic mass is 9.96. The molecule has 1 saturated heterocycles. The summed E-state index contributed by atoms with van der Waals surface area (Å²) < 4.78 is 69.3. The Morgan fingerprint density at radius 3 is 2.42 bits per heavy atom. The van der Waals surface area contributed by atoms with E-state index >= 15 is 0 Å². The quantitative estimate of drug-likeness (QED) is 0.772. The number of aromatic nitrogens is 1. The van der Waals surface area contributed by atoms with Crippen molar-refractivity contribution in [3.8, 4) is 11.3 Å². The third-order valence-corrected chi connectivity index (χ3v) is 4.20. The zero-order valence-electron chi connectivity index (χ0n) is 12.6. The van der Waals surface area contributed by atoms with Crippen LogP contribution in [0.4, 0.5) is 22.0 Å². The lowest BCUT2D eigenvalue weighted by Gasteiger charge is -2.32. The molecule has 2 aromatic rings. The fourth-order valence-corrected chi connectivity index (χ4v) is 2.82. The van der Waals surface area contributed by atoms with Crippen molar-refractivity contribution in [3.05, 3.63) is 41.7 Å². The van der Waals surface area contributed by atoms with E-state index in [-0.39, 0.29) is 12.8 Å². The standard InChI is InChI=1S/C16H15F5N2O/c17-13-2-1-10(7-14(13)18)15-8-12(24-22-15)9-23-5-3-11(4-6-23)16(19,20)21/h1-2,7-8,11H,3-6,9H2. The van der Waals surface area contributed by atoms with Gasteiger partial charge in [-0.2, -0.15) is 13.2 Å². The zero-order valence-corrected chi connectivity index (χ0v) is 12.6. The van der Waals surface area contributed by atoms with Gasteiger partial charge in [0, 0.05) is 11.6 Å². The highest BCUT2D eigenvalue weighted by Crippen LogP contribution is 2.34. The van der Waals surface area contributed by atoms with E-state index in [1.54, 1.807) is 6.07 Å². The molecule has 0 amide bonds. The maximum absolute atomic E-state index is 13.2. The lowest BCUT2D eigenvalue weighted by molar-refractivity contribution is -0.185. The van der Waals surface area contributed by atoms with Crippen LogP contribution in [0.2, 0.25) is 0 Å². The normalized spacial score (nSPS) is 17.4. The Morgan fingerprint density at radius 1 is 1.08 bits per heavy atom. The number of rotatable bonds is 3. The number of likely N-dealkylation sites (tertiary alicyclic amines) is 1. The smallest absolute Gasteiger partial charge is 0.359 e. The monoisotopic (exact) mass is 346 g/mol. The molecule has 0 atom stereocenters. The Morgan fingerprint density at radius 2 is 1.79 bits per heavy atom. The van der Waals surface area contributed by atoms with Gasteiger partial charge in [-0.25, -0.2) is 8.78 Å². The number of hydrogen-bond acceptors (Lipinski definition) is 3. The van der Waals surface area contributed by atoms with Crippen LogP contribution in [-0.4, -0.2) is 29.3 Å². The van der Waals surface area contributed by atoms with E-state index in [1.807, 2.05) is 4.90 Å². The summed E-state index contributed by atoms with van der Waals surface area (Å²) in [6, 6.07) is 4.99. The number of benzene rings is 1. The Labute approximate surface area is 135 Å². The van der Waals surface area contributed by atoms with E-state index in [1.165, 1.54) is 6.07 Å². The molecule has 1 aromatic carbocycles. The van der Waals surface area contributed by atoms with Crippen molar-refractivity contribution >= 4 is 0 Å². The Balaban J connectivity index is 1.62. The summed E-state index contributed by atoms with van der Waals surface area (Å²) in [6.45, 7) is 0.984. The van der Waals surface area contributed by atoms with Crippen LogP contribution < -0.4 is 0 Å². The van der Waals surface area contributed by atoms with Crippen LogP contribution >= 0.6 is 0 Å². The van der Waals surface area contributed by atoms with Gasteiger partial charge in [0.25, 0.3) is 0 Å². The summed E-state index contributed by atoms with van der Waals surface area (Å²) in [5.41, 5.74) is 0.730. The van der Waals surface area contributed by atoms with E-state index < -0.39 is 23.7 Å². The van der Waals surface area contributed by atoms with E-state index in [0.29, 0.717) is 36.7 Å². The molecule has 0 bridgehead atoms. The SMILES string of the molecule is Fc1ccc(-c2cc(CN3CCC(C(F)(F)F)CC3)on2)cc1F. The number of hydrogen-bond donors (Lipinski definition) is 0. The van der Waals surface area contributed by atoms with E-state index in [2.05, 4.69) is 5.16 Å². The maximum Gasteiger partial charge on any atom is 0.391 e. The average molecular weight is 346 g/mol. The first kappa shape index (κ1) is 16.9. The second-order valence-electron chi connectivity index (χ2n) is 5.90. The maximum atomic E-state index is 13.2. The van der Waals surface area contributed by atoms with Crippen molar-refractivity contribution in [1.82, 2.24) is 10.1 Å². The van der Waals surface area contributed by atoms with Crippen LogP contribution in [-0.2, 0) is 6.54 Å². The number of halogens is 5. The van der Waals surface area contributed by atoms with Crippen molar-refractivity contribution in [2.45, 2.75) is 25.6 Å². The summed E-state index contributed by atoms with van der Waals surface area (Å²) in [4.78, 5) is 1.86. The first-order valence-electron chi connectivity index (χ1n) is 7.53.